The number of halogens is 1. The van der Waals surface area contributed by atoms with Gasteiger partial charge < -0.3 is 30.4 Å². The highest BCUT2D eigenvalue weighted by Crippen LogP contribution is 2.54. The van der Waals surface area contributed by atoms with E-state index in [4.69, 9.17) is 31.5 Å². The van der Waals surface area contributed by atoms with Gasteiger partial charge in [-0.05, 0) is 46.0 Å². The van der Waals surface area contributed by atoms with Crippen molar-refractivity contribution in [1.82, 2.24) is 5.32 Å². The van der Waals surface area contributed by atoms with E-state index in [1.807, 2.05) is 20.8 Å². The molecule has 2 aliphatic rings. The van der Waals surface area contributed by atoms with Crippen LogP contribution in [0.4, 0.5) is 4.79 Å². The molecule has 1 heterocycles. The van der Waals surface area contributed by atoms with Gasteiger partial charge in [0.2, 0.25) is 5.91 Å². The molecule has 178 valence electrons. The first-order valence-electron chi connectivity index (χ1n) is 10.8. The highest BCUT2D eigenvalue weighted by molar-refractivity contribution is 6.18. The van der Waals surface area contributed by atoms with Crippen LogP contribution in [0, 0.1) is 11.8 Å². The number of hydrogen-bond donors (Lipinski definition) is 3. The van der Waals surface area contributed by atoms with Crippen LogP contribution in [0.15, 0.2) is 11.6 Å². The van der Waals surface area contributed by atoms with Crippen molar-refractivity contribution in [3.05, 3.63) is 11.6 Å². The maximum Gasteiger partial charge on any atom is 0.408 e. The average molecular weight is 461 g/mol. The molecule has 0 bridgehead atoms. The van der Waals surface area contributed by atoms with E-state index in [2.05, 4.69) is 11.4 Å². The van der Waals surface area contributed by atoms with Gasteiger partial charge in [-0.25, -0.2) is 4.79 Å². The Balaban J connectivity index is 2.20. The molecule has 2 fully saturated rings. The second-order valence-corrected chi connectivity index (χ2v) is 9.74. The summed E-state index contributed by atoms with van der Waals surface area (Å²) in [6.07, 6.45) is 1.40. The van der Waals surface area contributed by atoms with Gasteiger partial charge in [0.05, 0.1) is 23.5 Å². The minimum atomic E-state index is -1.22. The standard InChI is InChI=1S/C22H37ClN2O6/c1-12(2)7-8-15-21(5,31-15)18-17(29-6)14(9-10-22(18,28)11-23)30-20(27)25-16(13(3)4)19(24)26/h7,13-18,28H,8-11H2,1-6H3,(H2,24,26)(H,25,27)/t14-,15-,16-,17-,18?,21?,22+/m1/s1. The molecule has 1 saturated carbocycles. The van der Waals surface area contributed by atoms with Gasteiger partial charge in [-0.2, -0.15) is 0 Å². The van der Waals surface area contributed by atoms with Crippen LogP contribution in [0.2, 0.25) is 0 Å². The van der Waals surface area contributed by atoms with E-state index in [9.17, 15) is 14.7 Å². The topological polar surface area (TPSA) is 123 Å². The van der Waals surface area contributed by atoms with E-state index in [0.29, 0.717) is 19.3 Å². The molecular formula is C22H37ClN2O6. The quantitative estimate of drug-likeness (QED) is 0.276. The molecule has 0 aromatic rings. The SMILES string of the molecule is CO[C@H]1C(C2(C)O[C@@H]2CC=C(C)C)[C@@](O)(CCl)CC[C@H]1OC(=O)N[C@@H](C(N)=O)C(C)C. The number of aliphatic hydroxyl groups is 1. The van der Waals surface area contributed by atoms with Crippen LogP contribution in [0.1, 0.15) is 53.9 Å². The highest BCUT2D eigenvalue weighted by atomic mass is 35.5. The predicted molar refractivity (Wildman–Crippen MR) is 118 cm³/mol. The lowest BCUT2D eigenvalue weighted by atomic mass is 9.66. The lowest BCUT2D eigenvalue weighted by Crippen LogP contribution is -2.61. The Morgan fingerprint density at radius 2 is 2.03 bits per heavy atom. The number of nitrogens with two attached hydrogens (primary N) is 1. The van der Waals surface area contributed by atoms with Crippen molar-refractivity contribution in [2.75, 3.05) is 13.0 Å². The minimum absolute atomic E-state index is 0.0157. The third-order valence-corrected chi connectivity index (χ3v) is 6.94. The van der Waals surface area contributed by atoms with E-state index >= 15 is 0 Å². The summed E-state index contributed by atoms with van der Waals surface area (Å²) in [6, 6.07) is -0.842. The zero-order valence-electron chi connectivity index (χ0n) is 19.3. The number of alkyl halides is 1. The number of carbonyl (C=O) groups excluding carboxylic acids is 2. The zero-order chi connectivity index (χ0) is 23.6. The second kappa shape index (κ2) is 10.1. The molecule has 1 aliphatic carbocycles. The minimum Gasteiger partial charge on any atom is -0.443 e. The molecule has 2 amide bonds. The molecule has 0 spiro atoms. The Labute approximate surface area is 189 Å². The van der Waals surface area contributed by atoms with Crippen LogP contribution in [0.5, 0.6) is 0 Å². The summed E-state index contributed by atoms with van der Waals surface area (Å²) in [5, 5.41) is 13.9. The van der Waals surface area contributed by atoms with Crippen molar-refractivity contribution in [3.8, 4) is 0 Å². The first-order chi connectivity index (χ1) is 14.4. The summed E-state index contributed by atoms with van der Waals surface area (Å²) in [7, 11) is 1.52. The fraction of sp³-hybridized carbons (Fsp3) is 0.818. The summed E-state index contributed by atoms with van der Waals surface area (Å²) < 4.78 is 17.4. The summed E-state index contributed by atoms with van der Waals surface area (Å²) in [5.74, 6) is -1.30. The lowest BCUT2D eigenvalue weighted by Gasteiger charge is -2.48. The Kier molecular flexibility index (Phi) is 8.41. The molecule has 2 unspecified atom stereocenters. The van der Waals surface area contributed by atoms with Crippen molar-refractivity contribution in [2.24, 2.45) is 17.6 Å². The molecular weight excluding hydrogens is 424 g/mol. The Hall–Kier alpha value is -1.35. The second-order valence-electron chi connectivity index (χ2n) is 9.47. The number of methoxy groups -OCH3 is 1. The van der Waals surface area contributed by atoms with Crippen molar-refractivity contribution in [1.29, 1.82) is 0 Å². The molecule has 0 radical (unpaired) electrons. The fourth-order valence-corrected chi connectivity index (χ4v) is 4.99. The average Bonchev–Trinajstić information content (AvgIpc) is 3.35. The third kappa shape index (κ3) is 5.72. The maximum absolute atomic E-state index is 12.5. The van der Waals surface area contributed by atoms with E-state index < -0.39 is 47.4 Å². The monoisotopic (exact) mass is 460 g/mol. The number of primary amides is 1. The van der Waals surface area contributed by atoms with Gasteiger partial charge in [0.25, 0.3) is 0 Å². The Morgan fingerprint density at radius 3 is 2.52 bits per heavy atom. The van der Waals surface area contributed by atoms with E-state index in [1.54, 1.807) is 13.8 Å². The van der Waals surface area contributed by atoms with Crippen LogP contribution >= 0.6 is 11.6 Å². The molecule has 9 heteroatoms. The van der Waals surface area contributed by atoms with Gasteiger partial charge in [-0.1, -0.05) is 25.5 Å². The first kappa shape index (κ1) is 25.9. The van der Waals surface area contributed by atoms with Crippen LogP contribution in [0.3, 0.4) is 0 Å². The third-order valence-electron chi connectivity index (χ3n) is 6.48. The number of alkyl carbamates (subject to hydrolysis) is 1. The van der Waals surface area contributed by atoms with Crippen molar-refractivity contribution in [2.45, 2.75) is 89.4 Å². The largest absolute Gasteiger partial charge is 0.443 e. The summed E-state index contributed by atoms with van der Waals surface area (Å²) in [6.45, 7) is 9.54. The molecule has 8 nitrogen and oxygen atoms in total. The lowest BCUT2D eigenvalue weighted by molar-refractivity contribution is -0.170. The van der Waals surface area contributed by atoms with Crippen molar-refractivity contribution >= 4 is 23.6 Å². The number of allylic oxidation sites excluding steroid dienone is 1. The van der Waals surface area contributed by atoms with E-state index in [1.165, 1.54) is 12.7 Å². The molecule has 1 aliphatic heterocycles. The van der Waals surface area contributed by atoms with E-state index in [-0.39, 0.29) is 17.9 Å². The molecule has 1 saturated heterocycles. The van der Waals surface area contributed by atoms with Crippen molar-refractivity contribution < 1.29 is 28.9 Å². The van der Waals surface area contributed by atoms with Gasteiger partial charge >= 0.3 is 6.09 Å². The van der Waals surface area contributed by atoms with E-state index in [0.717, 1.165) is 0 Å². The Morgan fingerprint density at radius 1 is 1.39 bits per heavy atom. The Bertz CT molecular complexity index is 697. The summed E-state index contributed by atoms with van der Waals surface area (Å²) in [4.78, 5) is 24.1. The number of carbonyl (C=O) groups is 2. The molecule has 0 aromatic carbocycles. The number of hydrogen-bond acceptors (Lipinski definition) is 6. The van der Waals surface area contributed by atoms with Gasteiger partial charge in [-0.3, -0.25) is 4.79 Å². The number of epoxide rings is 1. The summed E-state index contributed by atoms with van der Waals surface area (Å²) >= 11 is 6.20. The van der Waals surface area contributed by atoms with Gasteiger partial charge in [0.15, 0.2) is 0 Å². The molecule has 7 atom stereocenters. The predicted octanol–water partition coefficient (Wildman–Crippen LogP) is 2.50. The fourth-order valence-electron chi connectivity index (χ4n) is 4.69. The van der Waals surface area contributed by atoms with Crippen LogP contribution in [-0.2, 0) is 19.0 Å². The van der Waals surface area contributed by atoms with Gasteiger partial charge in [0.1, 0.15) is 23.9 Å². The highest BCUT2D eigenvalue weighted by Gasteiger charge is 2.67. The van der Waals surface area contributed by atoms with Gasteiger partial charge in [0, 0.05) is 7.11 Å². The molecule has 2 rings (SSSR count). The number of amides is 2. The first-order valence-corrected chi connectivity index (χ1v) is 11.3. The van der Waals surface area contributed by atoms with Crippen LogP contribution < -0.4 is 11.1 Å². The summed E-state index contributed by atoms with van der Waals surface area (Å²) in [5.41, 5.74) is 4.67. The maximum atomic E-state index is 12.5. The van der Waals surface area contributed by atoms with Crippen molar-refractivity contribution in [3.63, 3.8) is 0 Å². The number of nitrogens with one attached hydrogen (secondary N) is 1. The smallest absolute Gasteiger partial charge is 0.408 e. The van der Waals surface area contributed by atoms with Crippen LogP contribution in [-0.4, -0.2) is 65.7 Å². The van der Waals surface area contributed by atoms with Gasteiger partial charge in [-0.15, -0.1) is 11.6 Å². The molecule has 0 aromatic heterocycles. The zero-order valence-corrected chi connectivity index (χ0v) is 20.1. The number of rotatable bonds is 9. The molecule has 31 heavy (non-hydrogen) atoms. The number of ether oxygens (including phenoxy) is 3. The molecule has 4 N–H and O–H groups in total. The van der Waals surface area contributed by atoms with Crippen LogP contribution in [0.25, 0.3) is 0 Å². The normalized spacial score (nSPS) is 35.9.